The lowest BCUT2D eigenvalue weighted by Crippen LogP contribution is -2.41. The van der Waals surface area contributed by atoms with Gasteiger partial charge in [0.1, 0.15) is 0 Å². The van der Waals surface area contributed by atoms with E-state index < -0.39 is 0 Å². The van der Waals surface area contributed by atoms with Crippen molar-refractivity contribution in [1.82, 2.24) is 15.0 Å². The van der Waals surface area contributed by atoms with E-state index in [9.17, 15) is 0 Å². The first-order valence-corrected chi connectivity index (χ1v) is 6.99. The summed E-state index contributed by atoms with van der Waals surface area (Å²) in [4.78, 5) is 6.72. The number of aromatic nitrogens is 2. The van der Waals surface area contributed by atoms with Crippen LogP contribution in [-0.2, 0) is 11.2 Å². The summed E-state index contributed by atoms with van der Waals surface area (Å²) in [5.74, 6) is 1.34. The summed E-state index contributed by atoms with van der Waals surface area (Å²) in [6.45, 7) is 5.10. The molecule has 0 aliphatic carbocycles. The Hall–Kier alpha value is -1.72. The zero-order valence-electron chi connectivity index (χ0n) is 11.7. The fraction of sp³-hybridized carbons (Fsp3) is 0.467. The lowest BCUT2D eigenvalue weighted by Gasteiger charge is -2.33. The van der Waals surface area contributed by atoms with E-state index in [1.165, 1.54) is 5.56 Å². The van der Waals surface area contributed by atoms with Crippen LogP contribution in [0.3, 0.4) is 0 Å². The minimum atomic E-state index is 0.102. The van der Waals surface area contributed by atoms with Crippen LogP contribution >= 0.6 is 0 Å². The summed E-state index contributed by atoms with van der Waals surface area (Å²) in [7, 11) is 0. The molecule has 1 atom stereocenters. The number of hydrogen-bond acceptors (Lipinski definition) is 5. The molecule has 0 bridgehead atoms. The predicted molar refractivity (Wildman–Crippen MR) is 74.3 cm³/mol. The maximum absolute atomic E-state index is 5.56. The second-order valence-corrected chi connectivity index (χ2v) is 5.03. The second kappa shape index (κ2) is 6.15. The van der Waals surface area contributed by atoms with Gasteiger partial charge in [-0.25, -0.2) is 0 Å². The molecule has 106 valence electrons. The maximum atomic E-state index is 5.56. The van der Waals surface area contributed by atoms with Gasteiger partial charge in [-0.05, 0) is 12.0 Å². The van der Waals surface area contributed by atoms with Crippen LogP contribution < -0.4 is 0 Å². The Morgan fingerprint density at radius 3 is 2.90 bits per heavy atom. The second-order valence-electron chi connectivity index (χ2n) is 5.03. The van der Waals surface area contributed by atoms with Gasteiger partial charge in [0.25, 0.3) is 0 Å². The molecule has 1 aliphatic rings. The van der Waals surface area contributed by atoms with Crippen molar-refractivity contribution in [2.75, 3.05) is 26.3 Å². The third-order valence-electron chi connectivity index (χ3n) is 3.61. The van der Waals surface area contributed by atoms with Crippen LogP contribution in [0, 0.1) is 6.92 Å². The molecule has 1 saturated heterocycles. The molecule has 3 rings (SSSR count). The van der Waals surface area contributed by atoms with Crippen molar-refractivity contribution in [3.05, 3.63) is 47.6 Å². The molecule has 0 unspecified atom stereocenters. The third kappa shape index (κ3) is 3.05. The van der Waals surface area contributed by atoms with Crippen molar-refractivity contribution in [2.24, 2.45) is 0 Å². The first-order valence-electron chi connectivity index (χ1n) is 6.99. The average Bonchev–Trinajstić information content (AvgIpc) is 2.93. The minimum absolute atomic E-state index is 0.102. The zero-order chi connectivity index (χ0) is 13.8. The number of ether oxygens (including phenoxy) is 1. The summed E-state index contributed by atoms with van der Waals surface area (Å²) < 4.78 is 10.7. The lowest BCUT2D eigenvalue weighted by atomic mass is 10.1. The Bertz CT molecular complexity index is 541. The summed E-state index contributed by atoms with van der Waals surface area (Å²) in [5.41, 5.74) is 1.35. The summed E-state index contributed by atoms with van der Waals surface area (Å²) >= 11 is 0. The molecule has 1 aliphatic heterocycles. The van der Waals surface area contributed by atoms with Crippen molar-refractivity contribution >= 4 is 0 Å². The zero-order valence-corrected chi connectivity index (χ0v) is 11.7. The first kappa shape index (κ1) is 13.3. The third-order valence-corrected chi connectivity index (χ3v) is 3.61. The van der Waals surface area contributed by atoms with Crippen LogP contribution in [0.1, 0.15) is 23.3 Å². The van der Waals surface area contributed by atoms with Crippen molar-refractivity contribution in [3.63, 3.8) is 0 Å². The standard InChI is InChI=1S/C15H19N3O2/c1-12-16-15(17-20-12)14-11-19-10-9-18(14)8-7-13-5-3-2-4-6-13/h2-6,14H,7-11H2,1H3/t14-/m0/s1. The van der Waals surface area contributed by atoms with Crippen molar-refractivity contribution in [1.29, 1.82) is 0 Å². The Morgan fingerprint density at radius 2 is 2.15 bits per heavy atom. The number of benzene rings is 1. The highest BCUT2D eigenvalue weighted by Gasteiger charge is 2.28. The van der Waals surface area contributed by atoms with Gasteiger partial charge < -0.3 is 9.26 Å². The van der Waals surface area contributed by atoms with E-state index in [1.807, 2.05) is 13.0 Å². The Balaban J connectivity index is 1.66. The van der Waals surface area contributed by atoms with Gasteiger partial charge >= 0.3 is 0 Å². The summed E-state index contributed by atoms with van der Waals surface area (Å²) in [5, 5.41) is 4.04. The van der Waals surface area contributed by atoms with Gasteiger partial charge in [0.2, 0.25) is 5.89 Å². The smallest absolute Gasteiger partial charge is 0.223 e. The van der Waals surface area contributed by atoms with E-state index in [-0.39, 0.29) is 6.04 Å². The highest BCUT2D eigenvalue weighted by Crippen LogP contribution is 2.22. The van der Waals surface area contributed by atoms with Crippen molar-refractivity contribution in [2.45, 2.75) is 19.4 Å². The molecule has 1 fully saturated rings. The maximum Gasteiger partial charge on any atom is 0.223 e. The molecular weight excluding hydrogens is 254 g/mol. The van der Waals surface area contributed by atoms with Crippen LogP contribution in [0.15, 0.2) is 34.9 Å². The molecule has 20 heavy (non-hydrogen) atoms. The Labute approximate surface area is 118 Å². The molecule has 5 nitrogen and oxygen atoms in total. The number of hydrogen-bond donors (Lipinski definition) is 0. The van der Waals surface area contributed by atoms with Gasteiger partial charge in [0.15, 0.2) is 5.82 Å². The van der Waals surface area contributed by atoms with Gasteiger partial charge in [-0.15, -0.1) is 0 Å². The molecule has 0 amide bonds. The van der Waals surface area contributed by atoms with E-state index in [1.54, 1.807) is 0 Å². The predicted octanol–water partition coefficient (Wildman–Crippen LogP) is 1.99. The molecule has 5 heteroatoms. The average molecular weight is 273 g/mol. The minimum Gasteiger partial charge on any atom is -0.378 e. The SMILES string of the molecule is Cc1nc([C@@H]2COCCN2CCc2ccccc2)no1. The highest BCUT2D eigenvalue weighted by atomic mass is 16.5. The Kier molecular flexibility index (Phi) is 4.08. The highest BCUT2D eigenvalue weighted by molar-refractivity contribution is 5.15. The monoisotopic (exact) mass is 273 g/mol. The van der Waals surface area contributed by atoms with Crippen LogP contribution in [0.5, 0.6) is 0 Å². The molecule has 0 radical (unpaired) electrons. The van der Waals surface area contributed by atoms with Gasteiger partial charge in [-0.1, -0.05) is 35.5 Å². The van der Waals surface area contributed by atoms with Crippen LogP contribution in [0.25, 0.3) is 0 Å². The number of rotatable bonds is 4. The van der Waals surface area contributed by atoms with Crippen molar-refractivity contribution < 1.29 is 9.26 Å². The fourth-order valence-corrected chi connectivity index (χ4v) is 2.51. The molecule has 0 saturated carbocycles. The van der Waals surface area contributed by atoms with E-state index >= 15 is 0 Å². The van der Waals surface area contributed by atoms with Crippen LogP contribution in [-0.4, -0.2) is 41.3 Å². The van der Waals surface area contributed by atoms with Gasteiger partial charge in [-0.3, -0.25) is 4.90 Å². The number of nitrogens with zero attached hydrogens (tertiary/aromatic N) is 3. The molecule has 0 N–H and O–H groups in total. The lowest BCUT2D eigenvalue weighted by molar-refractivity contribution is -0.0118. The largest absolute Gasteiger partial charge is 0.378 e. The van der Waals surface area contributed by atoms with E-state index in [0.29, 0.717) is 12.5 Å². The fourth-order valence-electron chi connectivity index (χ4n) is 2.51. The van der Waals surface area contributed by atoms with Gasteiger partial charge in [0.05, 0.1) is 19.3 Å². The Morgan fingerprint density at radius 1 is 1.30 bits per heavy atom. The quantitative estimate of drug-likeness (QED) is 0.852. The van der Waals surface area contributed by atoms with Gasteiger partial charge in [-0.2, -0.15) is 4.98 Å². The van der Waals surface area contributed by atoms with Crippen LogP contribution in [0.4, 0.5) is 0 Å². The number of morpholine rings is 1. The topological polar surface area (TPSA) is 51.4 Å². The normalized spacial score (nSPS) is 20.1. The number of aryl methyl sites for hydroxylation is 1. The summed E-state index contributed by atoms with van der Waals surface area (Å²) in [6.07, 6.45) is 1.02. The van der Waals surface area contributed by atoms with Crippen molar-refractivity contribution in [3.8, 4) is 0 Å². The van der Waals surface area contributed by atoms with E-state index in [4.69, 9.17) is 9.26 Å². The summed E-state index contributed by atoms with van der Waals surface area (Å²) in [6, 6.07) is 10.6. The molecular formula is C15H19N3O2. The molecule has 2 heterocycles. The molecule has 1 aromatic carbocycles. The first-order chi connectivity index (χ1) is 9.83. The molecule has 1 aromatic heterocycles. The molecule has 0 spiro atoms. The van der Waals surface area contributed by atoms with Gasteiger partial charge in [0, 0.05) is 20.0 Å². The van der Waals surface area contributed by atoms with E-state index in [2.05, 4.69) is 39.3 Å². The van der Waals surface area contributed by atoms with Crippen LogP contribution in [0.2, 0.25) is 0 Å². The molecule has 2 aromatic rings. The van der Waals surface area contributed by atoms with E-state index in [0.717, 1.165) is 31.9 Å².